The molecule has 6 amide bonds. The number of nitrogens with zero attached hydrogens (tertiary/aromatic N) is 6. The number of aliphatic imine (C=N–C) groups is 1. The molecule has 4 aromatic carbocycles. The molecule has 1 aliphatic carbocycles. The predicted octanol–water partition coefficient (Wildman–Crippen LogP) is 4.78. The molecule has 0 bridgehead atoms. The fourth-order valence-corrected chi connectivity index (χ4v) is 10.8. The van der Waals surface area contributed by atoms with E-state index in [0.717, 1.165) is 59.9 Å². The van der Waals surface area contributed by atoms with Crippen molar-refractivity contribution in [1.29, 1.82) is 0 Å². The fraction of sp³-hybridized carbons (Fsp3) is 0.431. The number of carboxylic acids is 1. The average Bonchev–Trinajstić information content (AvgIpc) is 2.98. The number of anilines is 1. The number of fused-ring (bicyclic) bond motifs is 2. The first-order valence-corrected chi connectivity index (χ1v) is 27.9. The molecule has 8 rings (SSSR count). The maximum absolute atomic E-state index is 14.3. The van der Waals surface area contributed by atoms with Crippen LogP contribution in [0.5, 0.6) is 0 Å². The number of hydrogen-bond acceptors (Lipinski definition) is 11. The van der Waals surface area contributed by atoms with Gasteiger partial charge in [0.15, 0.2) is 5.96 Å². The fourth-order valence-electron chi connectivity index (χ4n) is 10.8. The Morgan fingerprint density at radius 1 is 0.723 bits per heavy atom. The van der Waals surface area contributed by atoms with E-state index >= 15 is 0 Å². The Balaban J connectivity index is 0.00000133. The van der Waals surface area contributed by atoms with Crippen LogP contribution < -0.4 is 49.4 Å². The number of piperazine rings is 1. The van der Waals surface area contributed by atoms with Crippen LogP contribution in [0.25, 0.3) is 11.4 Å². The summed E-state index contributed by atoms with van der Waals surface area (Å²) in [4.78, 5) is 114. The number of halogens is 3. The van der Waals surface area contributed by atoms with Crippen molar-refractivity contribution in [3.8, 4) is 11.4 Å². The summed E-state index contributed by atoms with van der Waals surface area (Å²) < 4.78 is 35.4. The van der Waals surface area contributed by atoms with Crippen molar-refractivity contribution >= 4 is 47.3 Å². The first kappa shape index (κ1) is 62.0. The normalized spacial score (nSPS) is 16.2. The lowest BCUT2D eigenvalue weighted by molar-refractivity contribution is -0.192. The zero-order chi connectivity index (χ0) is 59.5. The van der Waals surface area contributed by atoms with Gasteiger partial charge in [-0.1, -0.05) is 98.5 Å². The van der Waals surface area contributed by atoms with Crippen molar-refractivity contribution in [1.82, 2.24) is 45.0 Å². The number of carbonyl (C=O) groups is 6. The first-order chi connectivity index (χ1) is 39.9. The molecule has 0 spiro atoms. The maximum atomic E-state index is 14.3. The first-order valence-electron chi connectivity index (χ1n) is 27.9. The number of rotatable bonds is 22. The number of aliphatic carboxylic acids is 1. The Morgan fingerprint density at radius 3 is 1.92 bits per heavy atom. The smallest absolute Gasteiger partial charge is 0.475 e. The van der Waals surface area contributed by atoms with E-state index < -0.39 is 46.9 Å². The van der Waals surface area contributed by atoms with Crippen LogP contribution >= 0.6 is 0 Å². The van der Waals surface area contributed by atoms with Gasteiger partial charge in [-0.25, -0.2) is 23.7 Å². The number of carbonyl (C=O) groups excluding carboxylic acids is 5. The number of aromatic nitrogens is 3. The molecule has 444 valence electrons. The lowest BCUT2D eigenvalue weighted by atomic mass is 9.78. The summed E-state index contributed by atoms with van der Waals surface area (Å²) in [6, 6.07) is 31.4. The zero-order valence-electron chi connectivity index (χ0n) is 46.1. The molecule has 83 heavy (non-hydrogen) atoms. The van der Waals surface area contributed by atoms with E-state index in [4.69, 9.17) is 21.4 Å². The minimum Gasteiger partial charge on any atom is -0.475 e. The molecule has 1 unspecified atom stereocenters. The van der Waals surface area contributed by atoms with Crippen LogP contribution in [0.15, 0.2) is 124 Å². The molecule has 3 aliphatic rings. The molecule has 1 saturated heterocycles. The van der Waals surface area contributed by atoms with Gasteiger partial charge in [0.05, 0.1) is 17.4 Å². The number of para-hydroxylation sites is 3. The molecular formula is C58H72F3N13O9. The van der Waals surface area contributed by atoms with Gasteiger partial charge < -0.3 is 42.7 Å². The van der Waals surface area contributed by atoms with Gasteiger partial charge in [-0.2, -0.15) is 22.5 Å². The summed E-state index contributed by atoms with van der Waals surface area (Å²) in [6.45, 7) is 3.11. The van der Waals surface area contributed by atoms with E-state index in [2.05, 4.69) is 36.5 Å². The highest BCUT2D eigenvalue weighted by Crippen LogP contribution is 2.45. The predicted molar refractivity (Wildman–Crippen MR) is 305 cm³/mol. The minimum atomic E-state index is -5.08. The molecule has 22 nitrogen and oxygen atoms in total. The number of guanidine groups is 1. The topological polar surface area (TPSA) is 303 Å². The van der Waals surface area contributed by atoms with E-state index in [0.29, 0.717) is 75.5 Å². The van der Waals surface area contributed by atoms with Crippen LogP contribution in [0.1, 0.15) is 105 Å². The Morgan fingerprint density at radius 2 is 1.30 bits per heavy atom. The van der Waals surface area contributed by atoms with Gasteiger partial charge in [0.2, 0.25) is 17.7 Å². The molecule has 2 atom stereocenters. The summed E-state index contributed by atoms with van der Waals surface area (Å²) in [5, 5.41) is 21.3. The number of nitrogens with two attached hydrogens (primary N) is 2. The third kappa shape index (κ3) is 16.8. The number of hydrogen-bond donors (Lipinski definition) is 8. The molecule has 2 aliphatic heterocycles. The van der Waals surface area contributed by atoms with Crippen LogP contribution in [0, 0.1) is 5.41 Å². The highest BCUT2D eigenvalue weighted by molar-refractivity contribution is 6.07. The van der Waals surface area contributed by atoms with Crippen LogP contribution in [-0.4, -0.2) is 135 Å². The van der Waals surface area contributed by atoms with Crippen molar-refractivity contribution in [2.75, 3.05) is 57.7 Å². The van der Waals surface area contributed by atoms with Gasteiger partial charge in [-0.15, -0.1) is 0 Å². The molecule has 25 heteroatoms. The third-order valence-electron chi connectivity index (χ3n) is 14.9. The SMILES string of the molecule is NCCCCCCNC(=O)NC(N)=NCCC[C@H](NC(=O)CC1(CC(=O)N2CCN(C3c4ccccc4NC(=O)c4ccccc43)CC2)CCCC1)C(=O)NCCn1c(=O)n(-c2ccccc2)n(-c2ccccc2)c1=O.O=C(O)C(F)(F)F. The van der Waals surface area contributed by atoms with Crippen molar-refractivity contribution in [3.63, 3.8) is 0 Å². The molecule has 5 aromatic rings. The Labute approximate surface area is 477 Å². The van der Waals surface area contributed by atoms with E-state index in [9.17, 15) is 46.7 Å². The van der Waals surface area contributed by atoms with Crippen molar-refractivity contribution < 1.29 is 47.0 Å². The Bertz CT molecular complexity index is 3120. The van der Waals surface area contributed by atoms with E-state index in [-0.39, 0.29) is 68.6 Å². The maximum Gasteiger partial charge on any atom is 0.490 e. The van der Waals surface area contributed by atoms with Crippen molar-refractivity contribution in [3.05, 3.63) is 147 Å². The number of alkyl halides is 3. The van der Waals surface area contributed by atoms with E-state index in [1.54, 1.807) is 48.5 Å². The summed E-state index contributed by atoms with van der Waals surface area (Å²) in [5.74, 6) is -3.93. The second kappa shape index (κ2) is 29.4. The monoisotopic (exact) mass is 1150 g/mol. The highest BCUT2D eigenvalue weighted by atomic mass is 19.4. The summed E-state index contributed by atoms with van der Waals surface area (Å²) in [6.07, 6.45) is 2.33. The number of urea groups is 1. The molecule has 2 fully saturated rings. The molecule has 0 radical (unpaired) electrons. The van der Waals surface area contributed by atoms with Crippen molar-refractivity contribution in [2.45, 2.75) is 102 Å². The lowest BCUT2D eigenvalue weighted by Crippen LogP contribution is -2.51. The van der Waals surface area contributed by atoms with Crippen LogP contribution in [-0.2, 0) is 25.7 Å². The Hall–Kier alpha value is -8.58. The van der Waals surface area contributed by atoms with Gasteiger partial charge in [0.1, 0.15) is 6.04 Å². The van der Waals surface area contributed by atoms with E-state index in [1.807, 2.05) is 65.6 Å². The molecule has 10 N–H and O–H groups in total. The molecule has 3 heterocycles. The number of amides is 6. The third-order valence-corrected chi connectivity index (χ3v) is 14.9. The average molecular weight is 1150 g/mol. The molecule has 1 aromatic heterocycles. The second-order valence-electron chi connectivity index (χ2n) is 20.7. The molecular weight excluding hydrogens is 1080 g/mol. The van der Waals surface area contributed by atoms with Gasteiger partial charge in [0, 0.05) is 76.5 Å². The van der Waals surface area contributed by atoms with Crippen LogP contribution in [0.4, 0.5) is 23.7 Å². The van der Waals surface area contributed by atoms with Crippen molar-refractivity contribution in [2.24, 2.45) is 21.9 Å². The quantitative estimate of drug-likeness (QED) is 0.0264. The number of benzene rings is 4. The van der Waals surface area contributed by atoms with Gasteiger partial charge in [-0.05, 0) is 98.0 Å². The molecule has 1 saturated carbocycles. The summed E-state index contributed by atoms with van der Waals surface area (Å²) in [5.41, 5.74) is 14.1. The second-order valence-corrected chi connectivity index (χ2v) is 20.7. The summed E-state index contributed by atoms with van der Waals surface area (Å²) in [7, 11) is 0. The minimum absolute atomic E-state index is 0.0231. The summed E-state index contributed by atoms with van der Waals surface area (Å²) >= 11 is 0. The number of carboxylic acid groups (broad SMARTS) is 1. The van der Waals surface area contributed by atoms with Gasteiger partial charge >= 0.3 is 29.6 Å². The van der Waals surface area contributed by atoms with Gasteiger partial charge in [0.25, 0.3) is 5.91 Å². The Kier molecular flexibility index (Phi) is 22.0. The lowest BCUT2D eigenvalue weighted by Gasteiger charge is -2.41. The zero-order valence-corrected chi connectivity index (χ0v) is 46.1. The van der Waals surface area contributed by atoms with Crippen LogP contribution in [0.3, 0.4) is 0 Å². The largest absolute Gasteiger partial charge is 0.490 e. The van der Waals surface area contributed by atoms with E-state index in [1.165, 1.54) is 9.36 Å². The standard InChI is InChI=1S/C56H71N13O7.C2HF3O2/c57-29-15-1-2-16-30-61-53(74)64-52(58)60-31-17-26-46(51(73)59-32-33-67-54(75)68(40-18-5-3-6-19-40)69(55(67)76)41-20-7-4-8-21-41)62-47(70)38-56(27-13-14-28-56)39-48(71)65-34-36-66(37-35-65)49-42-22-9-10-23-43(42)50(72)63-45-25-12-11-24-44(45)49;3-2(4,5)1(6)7/h3-12,18-25,46,49H,1-2,13-17,26-39,57H2,(H,59,73)(H,62,70)(H,63,72)(H4,58,60,61,64,74);(H,6,7)/t46-,49?;/m0./s1. The number of unbranched alkanes of at least 4 members (excludes halogenated alkanes) is 3. The van der Waals surface area contributed by atoms with Gasteiger partial charge in [-0.3, -0.25) is 34.4 Å². The number of nitrogens with one attached hydrogen (secondary N) is 5. The highest BCUT2D eigenvalue weighted by Gasteiger charge is 2.41. The van der Waals surface area contributed by atoms with Crippen LogP contribution in [0.2, 0.25) is 0 Å².